The van der Waals surface area contributed by atoms with Gasteiger partial charge >= 0.3 is 0 Å². The van der Waals surface area contributed by atoms with Crippen LogP contribution in [0.3, 0.4) is 0 Å². The lowest BCUT2D eigenvalue weighted by atomic mass is 10.2. The van der Waals surface area contributed by atoms with Crippen LogP contribution in [0.4, 0.5) is 5.82 Å². The number of fused-ring (bicyclic) bond motifs is 1. The predicted octanol–water partition coefficient (Wildman–Crippen LogP) is 3.65. The van der Waals surface area contributed by atoms with E-state index in [0.717, 1.165) is 12.1 Å². The Balaban J connectivity index is 2.13. The van der Waals surface area contributed by atoms with Crippen LogP contribution in [0.15, 0.2) is 41.4 Å². The van der Waals surface area contributed by atoms with Gasteiger partial charge in [0.25, 0.3) is 10.0 Å². The Hall–Kier alpha value is -1.68. The zero-order valence-corrected chi connectivity index (χ0v) is 17.2. The van der Waals surface area contributed by atoms with Gasteiger partial charge in [-0.2, -0.15) is 0 Å². The summed E-state index contributed by atoms with van der Waals surface area (Å²) < 4.78 is 27.7. The van der Waals surface area contributed by atoms with Gasteiger partial charge in [0.2, 0.25) is 0 Å². The molecule has 2 aromatic heterocycles. The number of aromatic nitrogens is 3. The maximum atomic E-state index is 13.0. The number of rotatable bonds is 5. The summed E-state index contributed by atoms with van der Waals surface area (Å²) in [6.07, 6.45) is 1.53. The average Bonchev–Trinajstić information content (AvgIpc) is 2.97. The van der Waals surface area contributed by atoms with Crippen LogP contribution in [-0.2, 0) is 10.0 Å². The molecule has 0 saturated carbocycles. The normalized spacial score (nSPS) is 12.0. The molecule has 0 saturated heterocycles. The molecule has 1 aromatic carbocycles. The van der Waals surface area contributed by atoms with Crippen LogP contribution < -0.4 is 5.32 Å². The van der Waals surface area contributed by atoms with Crippen molar-refractivity contribution in [3.8, 4) is 0 Å². The van der Waals surface area contributed by atoms with Crippen LogP contribution in [0, 0.1) is 16.7 Å². The first-order valence-corrected chi connectivity index (χ1v) is 10.4. The van der Waals surface area contributed by atoms with Crippen molar-refractivity contribution in [1.29, 1.82) is 0 Å². The summed E-state index contributed by atoms with van der Waals surface area (Å²) in [5, 5.41) is 3.97. The number of hydrogen-bond acceptors (Lipinski definition) is 5. The van der Waals surface area contributed by atoms with Crippen molar-refractivity contribution in [2.45, 2.75) is 25.7 Å². The van der Waals surface area contributed by atoms with Gasteiger partial charge in [0, 0.05) is 35.3 Å². The quantitative estimate of drug-likeness (QED) is 0.455. The fourth-order valence-corrected chi connectivity index (χ4v) is 4.18. The fraction of sp³-hybridized carbons (Fsp3) is 0.294. The summed E-state index contributed by atoms with van der Waals surface area (Å²) in [6.45, 7) is 6.87. The first-order chi connectivity index (χ1) is 11.8. The number of hydrogen-bond donors (Lipinski definition) is 1. The lowest BCUT2D eigenvalue weighted by Gasteiger charge is -2.11. The highest BCUT2D eigenvalue weighted by atomic mass is 127. The van der Waals surface area contributed by atoms with Crippen molar-refractivity contribution in [3.05, 3.63) is 45.9 Å². The molecule has 132 valence electrons. The minimum Gasteiger partial charge on any atom is -0.369 e. The number of nitrogens with zero attached hydrogens (tertiary/aromatic N) is 3. The molecule has 8 heteroatoms. The first-order valence-electron chi connectivity index (χ1n) is 7.90. The second-order valence-electron chi connectivity index (χ2n) is 6.28. The monoisotopic (exact) mass is 470 g/mol. The number of aryl methyl sites for hydroxylation is 1. The standard InChI is InChI=1S/C17H19IN4O2S/c1-11(2)10-19-15-14-8-9-22(16(14)21-17(18)20-15)25(23,24)13-6-4-12(3)5-7-13/h4-9,11H,10H2,1-3H3,(H,19,20,21). The molecular weight excluding hydrogens is 451 g/mol. The fourth-order valence-electron chi connectivity index (χ4n) is 2.42. The Kier molecular flexibility index (Phi) is 5.01. The Morgan fingerprint density at radius 2 is 1.84 bits per heavy atom. The van der Waals surface area contributed by atoms with E-state index in [9.17, 15) is 8.42 Å². The molecule has 0 bridgehead atoms. The summed E-state index contributed by atoms with van der Waals surface area (Å²) in [5.74, 6) is 1.10. The molecule has 25 heavy (non-hydrogen) atoms. The highest BCUT2D eigenvalue weighted by Crippen LogP contribution is 2.26. The minimum absolute atomic E-state index is 0.237. The third-order valence-electron chi connectivity index (χ3n) is 3.74. The molecule has 0 aliphatic carbocycles. The average molecular weight is 470 g/mol. The van der Waals surface area contributed by atoms with Crippen molar-refractivity contribution in [2.75, 3.05) is 11.9 Å². The third kappa shape index (κ3) is 3.64. The molecule has 6 nitrogen and oxygen atoms in total. The second-order valence-corrected chi connectivity index (χ2v) is 9.06. The second kappa shape index (κ2) is 6.91. The van der Waals surface area contributed by atoms with Gasteiger partial charge in [-0.3, -0.25) is 0 Å². The first kappa shape index (κ1) is 18.1. The zero-order chi connectivity index (χ0) is 18.2. The van der Waals surface area contributed by atoms with E-state index in [0.29, 0.717) is 26.6 Å². The zero-order valence-electron chi connectivity index (χ0n) is 14.2. The SMILES string of the molecule is Cc1ccc(S(=O)(=O)n2ccc3c(NCC(C)C)nc(I)nc32)cc1. The minimum atomic E-state index is -3.71. The van der Waals surface area contributed by atoms with Crippen LogP contribution >= 0.6 is 22.6 Å². The molecular formula is C17H19IN4O2S. The smallest absolute Gasteiger partial charge is 0.269 e. The van der Waals surface area contributed by atoms with E-state index in [4.69, 9.17) is 0 Å². The number of anilines is 1. The van der Waals surface area contributed by atoms with E-state index in [-0.39, 0.29) is 4.90 Å². The predicted molar refractivity (Wildman–Crippen MR) is 107 cm³/mol. The highest BCUT2D eigenvalue weighted by molar-refractivity contribution is 14.1. The Morgan fingerprint density at radius 3 is 2.48 bits per heavy atom. The van der Waals surface area contributed by atoms with Crippen molar-refractivity contribution in [1.82, 2.24) is 13.9 Å². The van der Waals surface area contributed by atoms with E-state index >= 15 is 0 Å². The molecule has 1 N–H and O–H groups in total. The van der Waals surface area contributed by atoms with Gasteiger partial charge in [0.15, 0.2) is 9.48 Å². The van der Waals surface area contributed by atoms with Gasteiger partial charge in [-0.15, -0.1) is 0 Å². The molecule has 3 rings (SSSR count). The van der Waals surface area contributed by atoms with E-state index < -0.39 is 10.0 Å². The molecule has 0 aliphatic rings. The van der Waals surface area contributed by atoms with Crippen LogP contribution in [0.1, 0.15) is 19.4 Å². The molecule has 0 unspecified atom stereocenters. The van der Waals surface area contributed by atoms with Crippen molar-refractivity contribution >= 4 is 49.5 Å². The largest absolute Gasteiger partial charge is 0.369 e. The number of halogens is 1. The molecule has 3 aromatic rings. The summed E-state index contributed by atoms with van der Waals surface area (Å²) in [6, 6.07) is 8.53. The molecule has 0 fully saturated rings. The molecule has 2 heterocycles. The van der Waals surface area contributed by atoms with Gasteiger partial charge in [-0.05, 0) is 31.0 Å². The Labute approximate surface area is 160 Å². The highest BCUT2D eigenvalue weighted by Gasteiger charge is 2.21. The Morgan fingerprint density at radius 1 is 1.16 bits per heavy atom. The number of nitrogens with one attached hydrogen (secondary N) is 1. The maximum Gasteiger partial charge on any atom is 0.269 e. The van der Waals surface area contributed by atoms with Gasteiger partial charge in [-0.25, -0.2) is 22.4 Å². The van der Waals surface area contributed by atoms with Crippen LogP contribution in [-0.4, -0.2) is 28.9 Å². The van der Waals surface area contributed by atoms with Gasteiger partial charge in [0.05, 0.1) is 10.3 Å². The molecule has 0 aliphatic heterocycles. The van der Waals surface area contributed by atoms with Gasteiger partial charge in [-0.1, -0.05) is 31.5 Å². The van der Waals surface area contributed by atoms with E-state index in [1.165, 1.54) is 10.2 Å². The van der Waals surface area contributed by atoms with Gasteiger partial charge < -0.3 is 5.32 Å². The lowest BCUT2D eigenvalue weighted by Crippen LogP contribution is -2.14. The lowest BCUT2D eigenvalue weighted by molar-refractivity contribution is 0.588. The van der Waals surface area contributed by atoms with Crippen LogP contribution in [0.25, 0.3) is 11.0 Å². The summed E-state index contributed by atoms with van der Waals surface area (Å²) in [5.41, 5.74) is 1.39. The molecule has 0 spiro atoms. The van der Waals surface area contributed by atoms with E-state index in [1.807, 2.05) is 29.5 Å². The number of benzene rings is 1. The molecule has 0 radical (unpaired) electrons. The topological polar surface area (TPSA) is 76.9 Å². The van der Waals surface area contributed by atoms with E-state index in [2.05, 4.69) is 29.1 Å². The molecule has 0 amide bonds. The van der Waals surface area contributed by atoms with Crippen molar-refractivity contribution in [2.24, 2.45) is 5.92 Å². The summed E-state index contributed by atoms with van der Waals surface area (Å²) in [7, 11) is -3.71. The third-order valence-corrected chi connectivity index (χ3v) is 5.90. The van der Waals surface area contributed by atoms with Crippen LogP contribution in [0.2, 0.25) is 0 Å². The van der Waals surface area contributed by atoms with Crippen molar-refractivity contribution < 1.29 is 8.42 Å². The van der Waals surface area contributed by atoms with Gasteiger partial charge in [0.1, 0.15) is 5.82 Å². The molecule has 0 atom stereocenters. The maximum absolute atomic E-state index is 13.0. The van der Waals surface area contributed by atoms with Crippen molar-refractivity contribution in [3.63, 3.8) is 0 Å². The van der Waals surface area contributed by atoms with Crippen LogP contribution in [0.5, 0.6) is 0 Å². The Bertz CT molecular complexity index is 1010. The summed E-state index contributed by atoms with van der Waals surface area (Å²) in [4.78, 5) is 9.00. The summed E-state index contributed by atoms with van der Waals surface area (Å²) >= 11 is 2.00. The van der Waals surface area contributed by atoms with E-state index in [1.54, 1.807) is 30.3 Å².